The fourth-order valence-corrected chi connectivity index (χ4v) is 2.14. The Labute approximate surface area is 104 Å². The highest BCUT2D eigenvalue weighted by molar-refractivity contribution is 6.17. The molecule has 0 spiro atoms. The number of nitrogens with one attached hydrogen (secondary N) is 1. The van der Waals surface area contributed by atoms with Crippen LogP contribution in [-0.2, 0) is 11.2 Å². The topological polar surface area (TPSA) is 71.3 Å². The Morgan fingerprint density at radius 3 is 3.18 bits per heavy atom. The van der Waals surface area contributed by atoms with E-state index in [0.29, 0.717) is 24.2 Å². The van der Waals surface area contributed by atoms with Crippen LogP contribution in [0, 0.1) is 0 Å². The zero-order valence-corrected chi connectivity index (χ0v) is 10.4. The van der Waals surface area contributed by atoms with E-state index in [1.807, 2.05) is 4.90 Å². The van der Waals surface area contributed by atoms with Gasteiger partial charge in [0, 0.05) is 25.9 Å². The van der Waals surface area contributed by atoms with Crippen molar-refractivity contribution in [3.8, 4) is 0 Å². The van der Waals surface area contributed by atoms with Crippen LogP contribution in [0.2, 0.25) is 0 Å². The molecule has 1 atom stereocenters. The lowest BCUT2D eigenvalue weighted by Gasteiger charge is -2.20. The van der Waals surface area contributed by atoms with E-state index in [9.17, 15) is 4.79 Å². The van der Waals surface area contributed by atoms with Crippen LogP contribution in [0.5, 0.6) is 0 Å². The van der Waals surface area contributed by atoms with Crippen LogP contribution < -0.4 is 10.2 Å². The van der Waals surface area contributed by atoms with Crippen molar-refractivity contribution < 1.29 is 9.21 Å². The normalized spacial score (nSPS) is 19.6. The summed E-state index contributed by atoms with van der Waals surface area (Å²) >= 11 is 5.60. The molecule has 1 saturated heterocycles. The smallest absolute Gasteiger partial charge is 0.318 e. The fourth-order valence-electron chi connectivity index (χ4n) is 1.98. The van der Waals surface area contributed by atoms with Gasteiger partial charge in [-0.15, -0.1) is 16.7 Å². The molecule has 0 aliphatic carbocycles. The molecule has 0 aromatic carbocycles. The molecule has 1 aromatic heterocycles. The summed E-state index contributed by atoms with van der Waals surface area (Å²) in [6.45, 7) is 0.764. The van der Waals surface area contributed by atoms with Gasteiger partial charge in [0.05, 0.1) is 0 Å². The minimum atomic E-state index is -0.204. The first-order valence-corrected chi connectivity index (χ1v) is 6.16. The maximum absolute atomic E-state index is 11.7. The molecule has 1 aliphatic rings. The number of rotatable bonds is 4. The minimum absolute atomic E-state index is 0.0143. The molecule has 6 nitrogen and oxygen atoms in total. The highest BCUT2D eigenvalue weighted by atomic mass is 35.5. The Balaban J connectivity index is 2.11. The van der Waals surface area contributed by atoms with Gasteiger partial charge in [0.2, 0.25) is 11.8 Å². The third-order valence-corrected chi connectivity index (χ3v) is 3.00. The molecular formula is C10H15ClN4O2. The number of nitrogens with zero attached hydrogens (tertiary/aromatic N) is 3. The Hall–Kier alpha value is -1.30. The van der Waals surface area contributed by atoms with E-state index in [4.69, 9.17) is 16.0 Å². The van der Waals surface area contributed by atoms with E-state index in [0.717, 1.165) is 19.4 Å². The van der Waals surface area contributed by atoms with Crippen LogP contribution in [0.25, 0.3) is 0 Å². The molecule has 2 rings (SSSR count). The SMILES string of the molecule is CNC(=O)C1CCCN1c1nnc(CCCl)o1. The predicted molar refractivity (Wildman–Crippen MR) is 63.2 cm³/mol. The zero-order chi connectivity index (χ0) is 12.3. The molecule has 94 valence electrons. The maximum Gasteiger partial charge on any atom is 0.318 e. The zero-order valence-electron chi connectivity index (χ0n) is 9.65. The number of aryl methyl sites for hydroxylation is 1. The molecule has 1 aliphatic heterocycles. The molecule has 1 N–H and O–H groups in total. The molecular weight excluding hydrogens is 244 g/mol. The second kappa shape index (κ2) is 5.35. The van der Waals surface area contributed by atoms with Gasteiger partial charge in [0.1, 0.15) is 6.04 Å². The van der Waals surface area contributed by atoms with Crippen molar-refractivity contribution in [1.29, 1.82) is 0 Å². The molecule has 1 aromatic rings. The lowest BCUT2D eigenvalue weighted by atomic mass is 10.2. The van der Waals surface area contributed by atoms with E-state index in [1.165, 1.54) is 0 Å². The highest BCUT2D eigenvalue weighted by Gasteiger charge is 2.33. The first kappa shape index (κ1) is 12.2. The summed E-state index contributed by atoms with van der Waals surface area (Å²) < 4.78 is 5.47. The standard InChI is InChI=1S/C10H15ClN4O2/c1-12-9(16)7-3-2-6-15(7)10-14-13-8(17-10)4-5-11/h7H,2-6H2,1H3,(H,12,16). The summed E-state index contributed by atoms with van der Waals surface area (Å²) in [4.78, 5) is 13.5. The lowest BCUT2D eigenvalue weighted by molar-refractivity contribution is -0.121. The Bertz CT molecular complexity index is 395. The summed E-state index contributed by atoms with van der Waals surface area (Å²) in [5.74, 6) is 0.942. The molecule has 1 unspecified atom stereocenters. The molecule has 0 radical (unpaired) electrons. The summed E-state index contributed by atoms with van der Waals surface area (Å²) in [5, 5.41) is 10.5. The van der Waals surface area contributed by atoms with Gasteiger partial charge in [-0.3, -0.25) is 4.79 Å². The minimum Gasteiger partial charge on any atom is -0.408 e. The first-order valence-electron chi connectivity index (χ1n) is 5.63. The van der Waals surface area contributed by atoms with Crippen molar-refractivity contribution in [2.24, 2.45) is 0 Å². The van der Waals surface area contributed by atoms with Gasteiger partial charge >= 0.3 is 6.01 Å². The lowest BCUT2D eigenvalue weighted by Crippen LogP contribution is -2.42. The van der Waals surface area contributed by atoms with E-state index in [2.05, 4.69) is 15.5 Å². The van der Waals surface area contributed by atoms with Crippen molar-refractivity contribution in [1.82, 2.24) is 15.5 Å². The van der Waals surface area contributed by atoms with Gasteiger partial charge in [-0.25, -0.2) is 0 Å². The second-order valence-electron chi connectivity index (χ2n) is 3.88. The molecule has 1 fully saturated rings. The largest absolute Gasteiger partial charge is 0.408 e. The summed E-state index contributed by atoms with van der Waals surface area (Å²) in [6, 6.07) is 0.209. The third kappa shape index (κ3) is 2.52. The Morgan fingerprint density at radius 1 is 1.65 bits per heavy atom. The third-order valence-electron chi connectivity index (χ3n) is 2.81. The van der Waals surface area contributed by atoms with Crippen LogP contribution in [0.15, 0.2) is 4.42 Å². The highest BCUT2D eigenvalue weighted by Crippen LogP contribution is 2.24. The number of halogens is 1. The van der Waals surface area contributed by atoms with Gasteiger partial charge in [-0.05, 0) is 12.8 Å². The van der Waals surface area contributed by atoms with Gasteiger partial charge in [0.15, 0.2) is 0 Å². The van der Waals surface area contributed by atoms with Gasteiger partial charge in [-0.2, -0.15) is 0 Å². The summed E-state index contributed by atoms with van der Waals surface area (Å²) in [5.41, 5.74) is 0. The predicted octanol–water partition coefficient (Wildman–Crippen LogP) is 0.566. The number of hydrogen-bond acceptors (Lipinski definition) is 5. The van der Waals surface area contributed by atoms with Crippen LogP contribution in [0.3, 0.4) is 0 Å². The maximum atomic E-state index is 11.7. The van der Waals surface area contributed by atoms with E-state index in [1.54, 1.807) is 7.05 Å². The van der Waals surface area contributed by atoms with Crippen LogP contribution in [0.4, 0.5) is 6.01 Å². The average Bonchev–Trinajstić information content (AvgIpc) is 2.95. The van der Waals surface area contributed by atoms with Gasteiger partial charge < -0.3 is 14.6 Å². The van der Waals surface area contributed by atoms with Crippen molar-refractivity contribution >= 4 is 23.5 Å². The first-order chi connectivity index (χ1) is 8.26. The van der Waals surface area contributed by atoms with E-state index in [-0.39, 0.29) is 11.9 Å². The fraction of sp³-hybridized carbons (Fsp3) is 0.700. The van der Waals surface area contributed by atoms with Crippen molar-refractivity contribution in [2.45, 2.75) is 25.3 Å². The average molecular weight is 259 g/mol. The second-order valence-corrected chi connectivity index (χ2v) is 4.26. The molecule has 2 heterocycles. The van der Waals surface area contributed by atoms with Gasteiger partial charge in [-0.1, -0.05) is 5.10 Å². The van der Waals surface area contributed by atoms with Crippen LogP contribution in [0.1, 0.15) is 18.7 Å². The van der Waals surface area contributed by atoms with Crippen molar-refractivity contribution in [3.63, 3.8) is 0 Å². The molecule has 0 saturated carbocycles. The molecule has 7 heteroatoms. The number of alkyl halides is 1. The number of hydrogen-bond donors (Lipinski definition) is 1. The van der Waals surface area contributed by atoms with Crippen LogP contribution in [-0.4, -0.2) is 41.6 Å². The molecule has 17 heavy (non-hydrogen) atoms. The van der Waals surface area contributed by atoms with E-state index >= 15 is 0 Å². The Morgan fingerprint density at radius 2 is 2.47 bits per heavy atom. The monoisotopic (exact) mass is 258 g/mol. The number of anilines is 1. The molecule has 1 amide bonds. The Kier molecular flexibility index (Phi) is 3.83. The number of amides is 1. The van der Waals surface area contributed by atoms with Gasteiger partial charge in [0.25, 0.3) is 0 Å². The van der Waals surface area contributed by atoms with Crippen molar-refractivity contribution in [2.75, 3.05) is 24.4 Å². The summed E-state index contributed by atoms with van der Waals surface area (Å²) in [7, 11) is 1.63. The number of carbonyl (C=O) groups excluding carboxylic acids is 1. The molecule has 0 bridgehead atoms. The van der Waals surface area contributed by atoms with Crippen molar-refractivity contribution in [3.05, 3.63) is 5.89 Å². The quantitative estimate of drug-likeness (QED) is 0.800. The van der Waals surface area contributed by atoms with Crippen LogP contribution >= 0.6 is 11.6 Å². The number of likely N-dealkylation sites (N-methyl/N-ethyl adjacent to an activating group) is 1. The summed E-state index contributed by atoms with van der Waals surface area (Å²) in [6.07, 6.45) is 2.31. The number of aromatic nitrogens is 2. The van der Waals surface area contributed by atoms with E-state index < -0.39 is 0 Å². The number of carbonyl (C=O) groups is 1.